The van der Waals surface area contributed by atoms with Crippen LogP contribution in [0.25, 0.3) is 10.9 Å². The second-order valence-electron chi connectivity index (χ2n) is 6.28. The minimum atomic E-state index is -0.354. The first-order valence-corrected chi connectivity index (χ1v) is 8.97. The van der Waals surface area contributed by atoms with Crippen molar-refractivity contribution in [3.05, 3.63) is 56.0 Å². The van der Waals surface area contributed by atoms with Gasteiger partial charge in [0.25, 0.3) is 5.56 Å². The second kappa shape index (κ2) is 6.28. The Morgan fingerprint density at radius 2 is 2.19 bits per heavy atom. The van der Waals surface area contributed by atoms with Crippen LogP contribution in [-0.2, 0) is 24.8 Å². The zero-order valence-corrected chi connectivity index (χ0v) is 16.0. The number of aromatic nitrogens is 3. The predicted molar refractivity (Wildman–Crippen MR) is 102 cm³/mol. The Morgan fingerprint density at radius 1 is 1.38 bits per heavy atom. The molecule has 2 aromatic heterocycles. The molecule has 0 spiro atoms. The third-order valence-corrected chi connectivity index (χ3v) is 5.54. The van der Waals surface area contributed by atoms with E-state index in [2.05, 4.69) is 30.9 Å². The zero-order chi connectivity index (χ0) is 18.4. The van der Waals surface area contributed by atoms with Gasteiger partial charge in [-0.05, 0) is 34.1 Å². The fourth-order valence-corrected chi connectivity index (χ4v) is 4.00. The number of H-pyrrole nitrogens is 1. The van der Waals surface area contributed by atoms with E-state index in [1.54, 1.807) is 19.3 Å². The van der Waals surface area contributed by atoms with Crippen molar-refractivity contribution in [1.29, 1.82) is 0 Å². The van der Waals surface area contributed by atoms with Crippen molar-refractivity contribution in [1.82, 2.24) is 14.8 Å². The summed E-state index contributed by atoms with van der Waals surface area (Å²) in [5.74, 6) is -0.354. The second-order valence-corrected chi connectivity index (χ2v) is 7.07. The Balaban J connectivity index is 1.77. The molecule has 1 aromatic carbocycles. The zero-order valence-electron chi connectivity index (χ0n) is 14.4. The summed E-state index contributed by atoms with van der Waals surface area (Å²) in [5, 5.41) is 5.13. The van der Waals surface area contributed by atoms with Crippen molar-refractivity contribution < 1.29 is 9.53 Å². The van der Waals surface area contributed by atoms with Gasteiger partial charge in [-0.1, -0.05) is 0 Å². The largest absolute Gasteiger partial charge is 0.465 e. The number of esters is 1. The highest BCUT2D eigenvalue weighted by molar-refractivity contribution is 9.10. The molecule has 3 heterocycles. The first kappa shape index (κ1) is 16.8. The molecule has 4 rings (SSSR count). The number of rotatable bonds is 2. The molecule has 0 atom stereocenters. The summed E-state index contributed by atoms with van der Waals surface area (Å²) in [6.07, 6.45) is 2.52. The van der Waals surface area contributed by atoms with Crippen LogP contribution in [-0.4, -0.2) is 34.4 Å². The molecule has 1 N–H and O–H groups in total. The number of methoxy groups -OCH3 is 1. The number of nitrogens with one attached hydrogen (secondary N) is 1. The van der Waals surface area contributed by atoms with E-state index in [4.69, 9.17) is 4.74 Å². The highest BCUT2D eigenvalue weighted by Gasteiger charge is 2.24. The maximum atomic E-state index is 12.2. The lowest BCUT2D eigenvalue weighted by Gasteiger charge is -2.29. The number of benzene rings is 1. The molecular weight excluding hydrogens is 400 g/mol. The van der Waals surface area contributed by atoms with Crippen molar-refractivity contribution in [3.63, 3.8) is 0 Å². The predicted octanol–water partition coefficient (Wildman–Crippen LogP) is 2.37. The molecule has 0 amide bonds. The van der Waals surface area contributed by atoms with Crippen LogP contribution in [0.5, 0.6) is 0 Å². The molecule has 0 bridgehead atoms. The molecule has 0 unspecified atom stereocenters. The Hall–Kier alpha value is -2.61. The van der Waals surface area contributed by atoms with Gasteiger partial charge in [0.1, 0.15) is 4.47 Å². The van der Waals surface area contributed by atoms with E-state index in [1.807, 2.05) is 12.1 Å². The molecule has 0 radical (unpaired) electrons. The monoisotopic (exact) mass is 416 g/mol. The summed E-state index contributed by atoms with van der Waals surface area (Å²) in [7, 11) is 3.00. The highest BCUT2D eigenvalue weighted by atomic mass is 79.9. The van der Waals surface area contributed by atoms with Crippen molar-refractivity contribution in [3.8, 4) is 0 Å². The van der Waals surface area contributed by atoms with Gasteiger partial charge in [0.2, 0.25) is 0 Å². The van der Waals surface area contributed by atoms with Gasteiger partial charge in [0.05, 0.1) is 24.6 Å². The first-order valence-electron chi connectivity index (χ1n) is 8.18. The molecular formula is C18H17BrN4O3. The molecule has 1 aliphatic rings. The lowest BCUT2D eigenvalue weighted by atomic mass is 10.0. The topological polar surface area (TPSA) is 80.2 Å². The molecule has 0 saturated heterocycles. The van der Waals surface area contributed by atoms with Crippen LogP contribution >= 0.6 is 15.9 Å². The van der Waals surface area contributed by atoms with Gasteiger partial charge in [-0.15, -0.1) is 0 Å². The van der Waals surface area contributed by atoms with Crippen molar-refractivity contribution in [2.45, 2.75) is 13.0 Å². The van der Waals surface area contributed by atoms with Crippen molar-refractivity contribution in [2.24, 2.45) is 7.05 Å². The van der Waals surface area contributed by atoms with E-state index in [-0.39, 0.29) is 11.5 Å². The molecule has 7 nitrogen and oxygen atoms in total. The normalized spacial score (nSPS) is 13.7. The van der Waals surface area contributed by atoms with Crippen LogP contribution in [0.15, 0.2) is 33.7 Å². The molecule has 3 aromatic rings. The van der Waals surface area contributed by atoms with Gasteiger partial charge < -0.3 is 14.6 Å². The quantitative estimate of drug-likeness (QED) is 0.648. The third kappa shape index (κ3) is 2.61. The van der Waals surface area contributed by atoms with E-state index >= 15 is 0 Å². The number of fused-ring (bicyclic) bond motifs is 3. The molecule has 0 fully saturated rings. The summed E-state index contributed by atoms with van der Waals surface area (Å²) in [5.41, 5.74) is 4.41. The van der Waals surface area contributed by atoms with Crippen LogP contribution in [0.2, 0.25) is 0 Å². The minimum Gasteiger partial charge on any atom is -0.465 e. The maximum Gasteiger partial charge on any atom is 0.337 e. The highest BCUT2D eigenvalue weighted by Crippen LogP contribution is 2.32. The van der Waals surface area contributed by atoms with Gasteiger partial charge in [-0.2, -0.15) is 5.10 Å². The summed E-state index contributed by atoms with van der Waals surface area (Å²) in [6, 6.07) is 5.52. The SMILES string of the molecule is COC(=O)c1ccc2[nH]c3c(c2c1)CN(c1cnn(C)c(=O)c1Br)CC3. The van der Waals surface area contributed by atoms with Gasteiger partial charge in [-0.3, -0.25) is 4.79 Å². The number of hydrogen-bond donors (Lipinski definition) is 1. The van der Waals surface area contributed by atoms with Crippen LogP contribution in [0.3, 0.4) is 0 Å². The van der Waals surface area contributed by atoms with Gasteiger partial charge in [0.15, 0.2) is 0 Å². The molecule has 0 saturated carbocycles. The summed E-state index contributed by atoms with van der Waals surface area (Å²) in [4.78, 5) is 29.6. The van der Waals surface area contributed by atoms with Gasteiger partial charge in [-0.25, -0.2) is 9.48 Å². The number of halogens is 1. The number of anilines is 1. The molecule has 8 heteroatoms. The Labute approximate surface area is 157 Å². The molecule has 0 aliphatic carbocycles. The average Bonchev–Trinajstić information content (AvgIpc) is 3.02. The number of carbonyl (C=O) groups is 1. The van der Waals surface area contributed by atoms with Crippen LogP contribution in [0, 0.1) is 0 Å². The molecule has 26 heavy (non-hydrogen) atoms. The summed E-state index contributed by atoms with van der Waals surface area (Å²) >= 11 is 3.40. The minimum absolute atomic E-state index is 0.166. The average molecular weight is 417 g/mol. The number of carbonyl (C=O) groups excluding carboxylic acids is 1. The maximum absolute atomic E-state index is 12.2. The Morgan fingerprint density at radius 3 is 2.96 bits per heavy atom. The smallest absolute Gasteiger partial charge is 0.337 e. The fraction of sp³-hybridized carbons (Fsp3) is 0.278. The Kier molecular flexibility index (Phi) is 4.07. The Bertz CT molecular complexity index is 1090. The lowest BCUT2D eigenvalue weighted by Crippen LogP contribution is -2.33. The van der Waals surface area contributed by atoms with Crippen LogP contribution < -0.4 is 10.5 Å². The third-order valence-electron chi connectivity index (χ3n) is 4.80. The van der Waals surface area contributed by atoms with E-state index < -0.39 is 0 Å². The molecule has 134 valence electrons. The number of ether oxygens (including phenoxy) is 1. The standard InChI is InChI=1S/C18H17BrN4O3/c1-22-17(24)16(19)15(8-20-22)23-6-5-14-12(9-23)11-7-10(18(25)26-2)3-4-13(11)21-14/h3-4,7-8,21H,5-6,9H2,1-2H3. The van der Waals surface area contributed by atoms with E-state index in [1.165, 1.54) is 11.8 Å². The molecule has 1 aliphatic heterocycles. The summed E-state index contributed by atoms with van der Waals surface area (Å²) < 4.78 is 6.64. The van der Waals surface area contributed by atoms with E-state index in [0.29, 0.717) is 16.6 Å². The van der Waals surface area contributed by atoms with Crippen molar-refractivity contribution in [2.75, 3.05) is 18.6 Å². The first-order chi connectivity index (χ1) is 12.5. The number of aromatic amines is 1. The summed E-state index contributed by atoms with van der Waals surface area (Å²) in [6.45, 7) is 1.41. The van der Waals surface area contributed by atoms with E-state index in [0.717, 1.165) is 40.8 Å². The number of nitrogens with zero attached hydrogens (tertiary/aromatic N) is 3. The van der Waals surface area contributed by atoms with Crippen LogP contribution in [0.1, 0.15) is 21.6 Å². The number of aryl methyl sites for hydroxylation is 1. The van der Waals surface area contributed by atoms with Crippen LogP contribution in [0.4, 0.5) is 5.69 Å². The van der Waals surface area contributed by atoms with E-state index in [9.17, 15) is 9.59 Å². The fourth-order valence-electron chi connectivity index (χ4n) is 3.39. The lowest BCUT2D eigenvalue weighted by molar-refractivity contribution is 0.0601. The number of hydrogen-bond acceptors (Lipinski definition) is 5. The van der Waals surface area contributed by atoms with Gasteiger partial charge >= 0.3 is 5.97 Å². The van der Waals surface area contributed by atoms with Crippen molar-refractivity contribution >= 4 is 38.5 Å². The van der Waals surface area contributed by atoms with Gasteiger partial charge in [0, 0.05) is 48.7 Å².